The molecule has 8 nitrogen and oxygen atoms in total. The fourth-order valence-electron chi connectivity index (χ4n) is 3.71. The van der Waals surface area contributed by atoms with Crippen LogP contribution >= 0.6 is 0 Å². The van der Waals surface area contributed by atoms with Gasteiger partial charge in [0.05, 0.1) is 6.04 Å². The molecular formula is C22H25N5O3. The molecule has 3 heterocycles. The van der Waals surface area contributed by atoms with Crippen molar-refractivity contribution in [2.45, 2.75) is 31.9 Å². The summed E-state index contributed by atoms with van der Waals surface area (Å²) in [5.74, 6) is 0.506. The lowest BCUT2D eigenvalue weighted by molar-refractivity contribution is -0.162. The van der Waals surface area contributed by atoms with Gasteiger partial charge in [0, 0.05) is 26.2 Å². The lowest BCUT2D eigenvalue weighted by Crippen LogP contribution is -2.53. The minimum atomic E-state index is -0.746. The predicted octanol–water partition coefficient (Wildman–Crippen LogP) is 1.69. The molecule has 0 radical (unpaired) electrons. The van der Waals surface area contributed by atoms with Crippen molar-refractivity contribution in [1.29, 1.82) is 0 Å². The fraction of sp³-hybridized carbons (Fsp3) is 0.364. The van der Waals surface area contributed by atoms with E-state index in [4.69, 9.17) is 4.74 Å². The van der Waals surface area contributed by atoms with Crippen LogP contribution in [0.5, 0.6) is 0 Å². The van der Waals surface area contributed by atoms with Crippen molar-refractivity contribution >= 4 is 17.5 Å². The molecule has 2 aromatic heterocycles. The molecule has 1 aromatic carbocycles. The molecule has 0 spiro atoms. The number of hydrogen-bond donors (Lipinski definition) is 1. The third-order valence-corrected chi connectivity index (χ3v) is 5.42. The van der Waals surface area contributed by atoms with E-state index < -0.39 is 12.1 Å². The Labute approximate surface area is 174 Å². The number of amides is 2. The van der Waals surface area contributed by atoms with E-state index in [2.05, 4.69) is 15.5 Å². The van der Waals surface area contributed by atoms with Gasteiger partial charge in [-0.1, -0.05) is 35.9 Å². The molecule has 0 bridgehead atoms. The van der Waals surface area contributed by atoms with Gasteiger partial charge in [0.25, 0.3) is 5.91 Å². The number of hydrogen-bond acceptors (Lipinski definition) is 5. The van der Waals surface area contributed by atoms with Crippen LogP contribution in [-0.2, 0) is 20.7 Å². The van der Waals surface area contributed by atoms with Gasteiger partial charge >= 0.3 is 0 Å². The third kappa shape index (κ3) is 4.04. The molecule has 2 amide bonds. The van der Waals surface area contributed by atoms with Crippen LogP contribution in [0.4, 0.5) is 0 Å². The van der Waals surface area contributed by atoms with Gasteiger partial charge in [-0.05, 0) is 31.0 Å². The van der Waals surface area contributed by atoms with Gasteiger partial charge in [0.15, 0.2) is 11.8 Å². The molecule has 0 aliphatic carbocycles. The highest BCUT2D eigenvalue weighted by Gasteiger charge is 2.39. The summed E-state index contributed by atoms with van der Waals surface area (Å²) >= 11 is 0. The highest BCUT2D eigenvalue weighted by Crippen LogP contribution is 2.29. The second kappa shape index (κ2) is 8.62. The fourth-order valence-corrected chi connectivity index (χ4v) is 3.71. The number of fused-ring (bicyclic) bond motifs is 1. The molecule has 1 N–H and O–H groups in total. The maximum absolute atomic E-state index is 12.9. The smallest absolute Gasteiger partial charge is 0.251 e. The van der Waals surface area contributed by atoms with Crippen LogP contribution < -0.4 is 5.32 Å². The summed E-state index contributed by atoms with van der Waals surface area (Å²) in [6.07, 6.45) is 2.59. The van der Waals surface area contributed by atoms with Crippen LogP contribution in [0.3, 0.4) is 0 Å². The summed E-state index contributed by atoms with van der Waals surface area (Å²) in [5, 5.41) is 11.3. The van der Waals surface area contributed by atoms with E-state index in [0.717, 1.165) is 29.0 Å². The van der Waals surface area contributed by atoms with Crippen molar-refractivity contribution in [1.82, 2.24) is 24.8 Å². The molecule has 2 unspecified atom stereocenters. The number of rotatable bonds is 6. The molecule has 0 saturated carbocycles. The lowest BCUT2D eigenvalue weighted by Gasteiger charge is -2.38. The van der Waals surface area contributed by atoms with Gasteiger partial charge in [-0.15, -0.1) is 10.2 Å². The summed E-state index contributed by atoms with van der Waals surface area (Å²) in [6, 6.07) is 13.1. The summed E-state index contributed by atoms with van der Waals surface area (Å²) in [7, 11) is 1.71. The van der Waals surface area contributed by atoms with Gasteiger partial charge in [-0.3, -0.25) is 14.0 Å². The Bertz CT molecular complexity index is 1050. The number of pyridine rings is 1. The van der Waals surface area contributed by atoms with Crippen molar-refractivity contribution in [2.75, 3.05) is 20.2 Å². The van der Waals surface area contributed by atoms with Crippen LogP contribution in [0.15, 0.2) is 48.7 Å². The van der Waals surface area contributed by atoms with Crippen molar-refractivity contribution in [3.05, 3.63) is 65.6 Å². The minimum Gasteiger partial charge on any atom is -0.356 e. The second-order valence-electron chi connectivity index (χ2n) is 7.53. The molecule has 1 fully saturated rings. The van der Waals surface area contributed by atoms with E-state index in [1.165, 1.54) is 0 Å². The lowest BCUT2D eigenvalue weighted by atomic mass is 9.96. The first-order valence-corrected chi connectivity index (χ1v) is 10.0. The van der Waals surface area contributed by atoms with Crippen molar-refractivity contribution in [3.63, 3.8) is 0 Å². The van der Waals surface area contributed by atoms with E-state index in [1.807, 2.05) is 60.0 Å². The number of likely N-dealkylation sites (N-methyl/N-ethyl adjacent to an activating group) is 1. The Hall–Kier alpha value is -3.26. The Balaban J connectivity index is 1.38. The number of aromatic nitrogens is 3. The number of nitrogens with one attached hydrogen (secondary N) is 1. The van der Waals surface area contributed by atoms with Crippen LogP contribution in [0.1, 0.15) is 29.4 Å². The molecule has 1 aliphatic heterocycles. The standard InChI is InChI=1S/C22H25N5O3/c1-15-8-10-16(11-9-15)20-21(30-14-19(28)26(20)2)22(29)23-12-5-7-18-25-24-17-6-3-4-13-27(17)18/h3-4,6,8-11,13,20-21H,5,7,12,14H2,1-2H3,(H,23,29). The van der Waals surface area contributed by atoms with E-state index >= 15 is 0 Å². The first-order valence-electron chi connectivity index (χ1n) is 10.0. The largest absolute Gasteiger partial charge is 0.356 e. The van der Waals surface area contributed by atoms with E-state index in [-0.39, 0.29) is 18.4 Å². The average molecular weight is 407 g/mol. The summed E-state index contributed by atoms with van der Waals surface area (Å²) in [6.45, 7) is 2.39. The van der Waals surface area contributed by atoms with Gasteiger partial charge < -0.3 is 15.0 Å². The van der Waals surface area contributed by atoms with Gasteiger partial charge in [0.1, 0.15) is 12.4 Å². The number of carbonyl (C=O) groups excluding carboxylic acids is 2. The van der Waals surface area contributed by atoms with E-state index in [1.54, 1.807) is 11.9 Å². The number of ether oxygens (including phenoxy) is 1. The molecule has 1 saturated heterocycles. The average Bonchev–Trinajstić information content (AvgIpc) is 3.17. The monoisotopic (exact) mass is 407 g/mol. The second-order valence-corrected chi connectivity index (χ2v) is 7.53. The molecule has 30 heavy (non-hydrogen) atoms. The molecule has 3 aromatic rings. The Morgan fingerprint density at radius 2 is 2.00 bits per heavy atom. The maximum atomic E-state index is 12.9. The zero-order valence-corrected chi connectivity index (χ0v) is 17.1. The maximum Gasteiger partial charge on any atom is 0.251 e. The highest BCUT2D eigenvalue weighted by atomic mass is 16.5. The summed E-state index contributed by atoms with van der Waals surface area (Å²) in [4.78, 5) is 26.6. The number of morpholine rings is 1. The molecule has 156 valence electrons. The van der Waals surface area contributed by atoms with E-state index in [9.17, 15) is 9.59 Å². The molecule has 4 rings (SSSR count). The van der Waals surface area contributed by atoms with Crippen LogP contribution in [0.2, 0.25) is 0 Å². The Kier molecular flexibility index (Phi) is 5.76. The zero-order chi connectivity index (χ0) is 21.1. The number of aryl methyl sites for hydroxylation is 2. The number of nitrogens with zero attached hydrogens (tertiary/aromatic N) is 4. The molecule has 1 aliphatic rings. The third-order valence-electron chi connectivity index (χ3n) is 5.42. The molecule has 2 atom stereocenters. The van der Waals surface area contributed by atoms with Gasteiger partial charge in [-0.2, -0.15) is 0 Å². The van der Waals surface area contributed by atoms with Gasteiger partial charge in [0.2, 0.25) is 5.91 Å². The van der Waals surface area contributed by atoms with Crippen molar-refractivity contribution < 1.29 is 14.3 Å². The normalized spacial score (nSPS) is 19.3. The molecule has 8 heteroatoms. The topological polar surface area (TPSA) is 88.8 Å². The predicted molar refractivity (Wildman–Crippen MR) is 111 cm³/mol. The zero-order valence-electron chi connectivity index (χ0n) is 17.1. The number of benzene rings is 1. The van der Waals surface area contributed by atoms with Crippen molar-refractivity contribution in [3.8, 4) is 0 Å². The Morgan fingerprint density at radius 3 is 2.80 bits per heavy atom. The first-order chi connectivity index (χ1) is 14.5. The minimum absolute atomic E-state index is 0.0946. The Morgan fingerprint density at radius 1 is 1.20 bits per heavy atom. The first kappa shape index (κ1) is 20.0. The summed E-state index contributed by atoms with van der Waals surface area (Å²) < 4.78 is 7.60. The SMILES string of the molecule is Cc1ccc(C2C(C(=O)NCCCc3nnc4ccccn34)OCC(=O)N2C)cc1. The van der Waals surface area contributed by atoms with Gasteiger partial charge in [-0.25, -0.2) is 0 Å². The number of carbonyl (C=O) groups is 2. The summed E-state index contributed by atoms with van der Waals surface area (Å²) in [5.41, 5.74) is 2.80. The van der Waals surface area contributed by atoms with Crippen LogP contribution in [-0.4, -0.2) is 57.6 Å². The molecular weight excluding hydrogens is 382 g/mol. The van der Waals surface area contributed by atoms with E-state index in [0.29, 0.717) is 13.0 Å². The van der Waals surface area contributed by atoms with Crippen LogP contribution in [0, 0.1) is 6.92 Å². The quantitative estimate of drug-likeness (QED) is 0.628. The van der Waals surface area contributed by atoms with Crippen molar-refractivity contribution in [2.24, 2.45) is 0 Å². The van der Waals surface area contributed by atoms with Crippen LogP contribution in [0.25, 0.3) is 5.65 Å². The highest BCUT2D eigenvalue weighted by molar-refractivity contribution is 5.86.